The number of carbonyl (C=O) groups is 2. The fraction of sp³-hybridized carbons (Fsp3) is 0.273. The Labute approximate surface area is 173 Å². The normalized spacial score (nSPS) is 11.8. The summed E-state index contributed by atoms with van der Waals surface area (Å²) in [6, 6.07) is 13.4. The van der Waals surface area contributed by atoms with E-state index < -0.39 is 5.97 Å². The van der Waals surface area contributed by atoms with Gasteiger partial charge >= 0.3 is 5.97 Å². The molecule has 152 valence electrons. The van der Waals surface area contributed by atoms with E-state index in [0.29, 0.717) is 10.6 Å². The highest BCUT2D eigenvalue weighted by Gasteiger charge is 2.26. The maximum Gasteiger partial charge on any atom is 0.341 e. The average Bonchev–Trinajstić information content (AvgIpc) is 3.35. The van der Waals surface area contributed by atoms with Crippen LogP contribution in [-0.4, -0.2) is 25.0 Å². The molecule has 0 saturated carbocycles. The van der Waals surface area contributed by atoms with Crippen LogP contribution in [0.3, 0.4) is 0 Å². The van der Waals surface area contributed by atoms with Crippen LogP contribution in [-0.2, 0) is 9.53 Å². The van der Waals surface area contributed by atoms with E-state index in [1.54, 1.807) is 13.2 Å². The molecular weight excluding hydrogens is 388 g/mol. The summed E-state index contributed by atoms with van der Waals surface area (Å²) in [6.45, 7) is 6.16. The minimum atomic E-state index is -0.432. The molecule has 6 nitrogen and oxygen atoms in total. The molecule has 1 aromatic carbocycles. The second-order valence-corrected chi connectivity index (χ2v) is 7.84. The summed E-state index contributed by atoms with van der Waals surface area (Å²) in [5, 5.41) is 5.30. The minimum Gasteiger partial charge on any atom is -0.463 e. The Morgan fingerprint density at radius 1 is 1.21 bits per heavy atom. The Hall–Kier alpha value is -2.90. The van der Waals surface area contributed by atoms with E-state index in [4.69, 9.17) is 9.15 Å². The number of nitrogens with one attached hydrogen (secondary N) is 1. The highest BCUT2D eigenvalue weighted by molar-refractivity contribution is 7.17. The lowest BCUT2D eigenvalue weighted by Gasteiger charge is -2.10. The van der Waals surface area contributed by atoms with Gasteiger partial charge in [0.25, 0.3) is 5.91 Å². The van der Waals surface area contributed by atoms with Crippen molar-refractivity contribution in [2.24, 2.45) is 0 Å². The lowest BCUT2D eigenvalue weighted by molar-refractivity contribution is -0.684. The van der Waals surface area contributed by atoms with Crippen molar-refractivity contribution in [3.8, 4) is 11.1 Å². The number of rotatable bonds is 8. The maximum absolute atomic E-state index is 12.7. The van der Waals surface area contributed by atoms with E-state index in [1.807, 2.05) is 61.6 Å². The first-order chi connectivity index (χ1) is 14.0. The molecule has 0 aliphatic heterocycles. The van der Waals surface area contributed by atoms with Crippen LogP contribution >= 0.6 is 11.3 Å². The second kappa shape index (κ2) is 9.54. The predicted molar refractivity (Wildman–Crippen MR) is 113 cm³/mol. The number of aryl methyl sites for hydroxylation is 1. The first kappa shape index (κ1) is 20.8. The fourth-order valence-electron chi connectivity index (χ4n) is 3.11. The van der Waals surface area contributed by atoms with Crippen molar-refractivity contribution in [2.45, 2.75) is 26.8 Å². The molecule has 0 saturated heterocycles. The number of esters is 1. The molecule has 1 atom stereocenters. The van der Waals surface area contributed by atoms with Crippen molar-refractivity contribution in [3.05, 3.63) is 64.9 Å². The van der Waals surface area contributed by atoms with Crippen LogP contribution < -0.4 is 10.6 Å². The summed E-state index contributed by atoms with van der Waals surface area (Å²) in [4.78, 5) is 26.2. The number of furan rings is 1. The Morgan fingerprint density at radius 2 is 1.97 bits per heavy atom. The zero-order chi connectivity index (χ0) is 20.8. The zero-order valence-corrected chi connectivity index (χ0v) is 17.5. The molecule has 3 aromatic rings. The Kier molecular flexibility index (Phi) is 6.85. The topological polar surface area (TPSA) is 85.1 Å². The van der Waals surface area contributed by atoms with Gasteiger partial charge in [0, 0.05) is 10.4 Å². The second-order valence-electron chi connectivity index (χ2n) is 6.62. The number of anilines is 1. The molecule has 0 unspecified atom stereocenters. The number of quaternary nitrogens is 1. The number of amides is 1. The third-order valence-corrected chi connectivity index (χ3v) is 5.55. The molecular formula is C22H25N2O4S+. The molecule has 3 N–H and O–H groups in total. The van der Waals surface area contributed by atoms with Crippen LogP contribution in [0.25, 0.3) is 11.1 Å². The van der Waals surface area contributed by atoms with E-state index >= 15 is 0 Å². The Morgan fingerprint density at radius 3 is 2.62 bits per heavy atom. The van der Waals surface area contributed by atoms with Gasteiger partial charge in [0.05, 0.1) is 12.9 Å². The lowest BCUT2D eigenvalue weighted by atomic mass is 10.0. The van der Waals surface area contributed by atoms with Crippen LogP contribution in [0.4, 0.5) is 5.00 Å². The van der Waals surface area contributed by atoms with Gasteiger partial charge in [-0.05, 0) is 38.5 Å². The maximum atomic E-state index is 12.7. The smallest absolute Gasteiger partial charge is 0.341 e. The van der Waals surface area contributed by atoms with Crippen LogP contribution in [0.5, 0.6) is 0 Å². The number of thiophene rings is 1. The number of carbonyl (C=O) groups excluding carboxylic acids is 2. The van der Waals surface area contributed by atoms with Gasteiger partial charge in [-0.15, -0.1) is 11.3 Å². The van der Waals surface area contributed by atoms with E-state index in [0.717, 1.165) is 21.8 Å². The summed E-state index contributed by atoms with van der Waals surface area (Å²) >= 11 is 1.39. The monoisotopic (exact) mass is 413 g/mol. The Balaban J connectivity index is 1.81. The van der Waals surface area contributed by atoms with Gasteiger partial charge in [0.2, 0.25) is 0 Å². The van der Waals surface area contributed by atoms with E-state index in [1.165, 1.54) is 11.3 Å². The molecule has 2 heterocycles. The average molecular weight is 414 g/mol. The van der Waals surface area contributed by atoms with Crippen LogP contribution in [0, 0.1) is 6.92 Å². The fourth-order valence-corrected chi connectivity index (χ4v) is 4.19. The first-order valence-corrected chi connectivity index (χ1v) is 10.3. The summed E-state index contributed by atoms with van der Waals surface area (Å²) in [7, 11) is 0. The molecule has 3 rings (SSSR count). The zero-order valence-electron chi connectivity index (χ0n) is 16.7. The molecule has 29 heavy (non-hydrogen) atoms. The van der Waals surface area contributed by atoms with Crippen molar-refractivity contribution < 1.29 is 24.1 Å². The van der Waals surface area contributed by atoms with Gasteiger partial charge in [-0.3, -0.25) is 4.79 Å². The predicted octanol–water partition coefficient (Wildman–Crippen LogP) is 3.76. The van der Waals surface area contributed by atoms with E-state index in [9.17, 15) is 9.59 Å². The van der Waals surface area contributed by atoms with Crippen molar-refractivity contribution in [1.29, 1.82) is 0 Å². The van der Waals surface area contributed by atoms with E-state index in [2.05, 4.69) is 5.32 Å². The first-order valence-electron chi connectivity index (χ1n) is 9.53. The van der Waals surface area contributed by atoms with Gasteiger partial charge in [-0.1, -0.05) is 30.3 Å². The van der Waals surface area contributed by atoms with Gasteiger partial charge in [-0.2, -0.15) is 0 Å². The molecule has 0 radical (unpaired) electrons. The molecule has 7 heteroatoms. The highest BCUT2D eigenvalue weighted by Crippen LogP contribution is 2.40. The third kappa shape index (κ3) is 4.93. The molecule has 1 amide bonds. The van der Waals surface area contributed by atoms with E-state index in [-0.39, 0.29) is 25.1 Å². The third-order valence-electron chi connectivity index (χ3n) is 4.53. The van der Waals surface area contributed by atoms with Crippen LogP contribution in [0.15, 0.2) is 53.1 Å². The highest BCUT2D eigenvalue weighted by atomic mass is 32.1. The standard InChI is InChI=1S/C22H24N2O4S/c1-4-27-22(26)20-19(16-9-6-5-7-10-16)15(3)29-21(20)24-18(25)13-23-14(2)17-11-8-12-28-17/h5-12,14,23H,4,13H2,1-3H3,(H,24,25)/p+1/t14-/m0/s1. The van der Waals surface area contributed by atoms with Crippen molar-refractivity contribution in [1.82, 2.24) is 0 Å². The van der Waals surface area contributed by atoms with Crippen LogP contribution in [0.2, 0.25) is 0 Å². The van der Waals surface area contributed by atoms with Gasteiger partial charge in [0.1, 0.15) is 16.6 Å². The number of benzene rings is 1. The SMILES string of the molecule is CCOC(=O)c1c(NC(=O)C[NH2+][C@@H](C)c2ccco2)sc(C)c1-c1ccccc1. The summed E-state index contributed by atoms with van der Waals surface area (Å²) in [5.41, 5.74) is 2.13. The van der Waals surface area contributed by atoms with Gasteiger partial charge in [-0.25, -0.2) is 4.79 Å². The number of hydrogen-bond acceptors (Lipinski definition) is 5. The van der Waals surface area contributed by atoms with Crippen LogP contribution in [0.1, 0.15) is 40.9 Å². The molecule has 2 aromatic heterocycles. The van der Waals surface area contributed by atoms with Crippen molar-refractivity contribution >= 4 is 28.2 Å². The Bertz CT molecular complexity index is 964. The van der Waals surface area contributed by atoms with Gasteiger partial charge in [0.15, 0.2) is 12.3 Å². The summed E-state index contributed by atoms with van der Waals surface area (Å²) in [5.74, 6) is 0.192. The number of hydrogen-bond donors (Lipinski definition) is 2. The minimum absolute atomic E-state index is 0.0187. The molecule has 0 fully saturated rings. The number of ether oxygens (including phenoxy) is 1. The quantitative estimate of drug-likeness (QED) is 0.551. The van der Waals surface area contributed by atoms with Crippen molar-refractivity contribution in [2.75, 3.05) is 18.5 Å². The van der Waals surface area contributed by atoms with Gasteiger partial charge < -0.3 is 19.8 Å². The summed E-state index contributed by atoms with van der Waals surface area (Å²) in [6.07, 6.45) is 1.62. The lowest BCUT2D eigenvalue weighted by Crippen LogP contribution is -2.86. The number of nitrogens with two attached hydrogens (primary N) is 1. The molecule has 0 aliphatic rings. The van der Waals surface area contributed by atoms with Crippen molar-refractivity contribution in [3.63, 3.8) is 0 Å². The molecule has 0 bridgehead atoms. The summed E-state index contributed by atoms with van der Waals surface area (Å²) < 4.78 is 10.6. The largest absolute Gasteiger partial charge is 0.463 e. The molecule has 0 spiro atoms. The molecule has 0 aliphatic carbocycles.